The molecule has 0 N–H and O–H groups in total. The molecule has 0 aromatic heterocycles. The standard InChI is InChI=1S/C24H36O6/c1-15(2)23-9-10-24(30-29-23)16(12-23)7-8-18-21(3,4)13-17(14-22(18,24)5)28-20(26)11-19(25)27-6/h9-10,15-18H,7-8,11-14H2,1-6H3/t16-,17-,18-,22-,23-,24+/m0/s1. The molecule has 6 atom stereocenters. The van der Waals surface area contributed by atoms with Crippen LogP contribution in [0.15, 0.2) is 12.2 Å². The fraction of sp³-hybridized carbons (Fsp3) is 0.833. The third-order valence-corrected chi connectivity index (χ3v) is 8.73. The number of methoxy groups -OCH3 is 1. The van der Waals surface area contributed by atoms with Gasteiger partial charge in [0.1, 0.15) is 23.7 Å². The molecule has 0 aromatic carbocycles. The van der Waals surface area contributed by atoms with E-state index in [1.807, 2.05) is 0 Å². The molecular weight excluding hydrogens is 384 g/mol. The fourth-order valence-electron chi connectivity index (χ4n) is 7.19. The van der Waals surface area contributed by atoms with E-state index in [1.54, 1.807) is 0 Å². The maximum atomic E-state index is 12.3. The molecule has 5 rings (SSSR count). The van der Waals surface area contributed by atoms with Crippen LogP contribution in [0.1, 0.15) is 73.1 Å². The average molecular weight is 421 g/mol. The van der Waals surface area contributed by atoms with Crippen molar-refractivity contribution in [2.75, 3.05) is 7.11 Å². The molecule has 1 saturated heterocycles. The van der Waals surface area contributed by atoms with Crippen molar-refractivity contribution in [1.82, 2.24) is 0 Å². The van der Waals surface area contributed by atoms with Crippen LogP contribution in [0.2, 0.25) is 0 Å². The van der Waals surface area contributed by atoms with Gasteiger partial charge in [0.25, 0.3) is 0 Å². The molecule has 5 aliphatic rings. The fourth-order valence-corrected chi connectivity index (χ4v) is 7.19. The molecule has 6 heteroatoms. The SMILES string of the molecule is COC(=O)CC(=O)O[C@H]1CC(C)(C)[C@@H]2CC[C@H]3C[C@]4(C(C)C)C=C[C@]3(OO4)[C@@]2(C)C1. The van der Waals surface area contributed by atoms with E-state index in [4.69, 9.17) is 14.5 Å². The molecular formula is C24H36O6. The van der Waals surface area contributed by atoms with E-state index in [9.17, 15) is 9.59 Å². The summed E-state index contributed by atoms with van der Waals surface area (Å²) in [6.07, 6.45) is 8.60. The van der Waals surface area contributed by atoms with Gasteiger partial charge in [0.05, 0.1) is 7.11 Å². The highest BCUT2D eigenvalue weighted by Gasteiger charge is 2.70. The zero-order valence-electron chi connectivity index (χ0n) is 19.2. The molecule has 0 unspecified atom stereocenters. The highest BCUT2D eigenvalue weighted by molar-refractivity contribution is 5.91. The highest BCUT2D eigenvalue weighted by atomic mass is 17.2. The summed E-state index contributed by atoms with van der Waals surface area (Å²) in [5.41, 5.74) is -1.10. The molecule has 6 nitrogen and oxygen atoms in total. The Morgan fingerprint density at radius 3 is 2.37 bits per heavy atom. The van der Waals surface area contributed by atoms with E-state index in [1.165, 1.54) is 7.11 Å². The summed E-state index contributed by atoms with van der Waals surface area (Å²) >= 11 is 0. The molecule has 2 bridgehead atoms. The van der Waals surface area contributed by atoms with Gasteiger partial charge in [0, 0.05) is 5.41 Å². The lowest BCUT2D eigenvalue weighted by molar-refractivity contribution is -0.479. The maximum absolute atomic E-state index is 12.3. The van der Waals surface area contributed by atoms with E-state index < -0.39 is 17.5 Å². The maximum Gasteiger partial charge on any atom is 0.317 e. The van der Waals surface area contributed by atoms with Crippen LogP contribution in [0.3, 0.4) is 0 Å². The summed E-state index contributed by atoms with van der Waals surface area (Å²) in [7, 11) is 1.28. The Kier molecular flexibility index (Phi) is 5.13. The zero-order chi connectivity index (χ0) is 21.9. The summed E-state index contributed by atoms with van der Waals surface area (Å²) < 4.78 is 10.4. The van der Waals surface area contributed by atoms with Gasteiger partial charge >= 0.3 is 11.9 Å². The van der Waals surface area contributed by atoms with E-state index in [2.05, 4.69) is 51.5 Å². The average Bonchev–Trinajstić information content (AvgIpc) is 2.66. The first-order chi connectivity index (χ1) is 14.0. The Morgan fingerprint density at radius 2 is 1.77 bits per heavy atom. The number of esters is 2. The van der Waals surface area contributed by atoms with Gasteiger partial charge < -0.3 is 9.47 Å². The van der Waals surface area contributed by atoms with Gasteiger partial charge in [-0.3, -0.25) is 9.59 Å². The normalized spacial score (nSPS) is 43.6. The summed E-state index contributed by atoms with van der Waals surface area (Å²) in [5.74, 6) is 0.0652. The first kappa shape index (κ1) is 21.8. The summed E-state index contributed by atoms with van der Waals surface area (Å²) in [6.45, 7) is 11.2. The van der Waals surface area contributed by atoms with Crippen LogP contribution in [0.4, 0.5) is 0 Å². The second-order valence-corrected chi connectivity index (χ2v) is 11.1. The molecule has 2 saturated carbocycles. The van der Waals surface area contributed by atoms with Gasteiger partial charge in [0.15, 0.2) is 0 Å². The predicted molar refractivity (Wildman–Crippen MR) is 110 cm³/mol. The van der Waals surface area contributed by atoms with E-state index in [-0.39, 0.29) is 29.0 Å². The molecule has 1 spiro atoms. The van der Waals surface area contributed by atoms with Gasteiger partial charge in [0.2, 0.25) is 0 Å². The lowest BCUT2D eigenvalue weighted by atomic mass is 9.42. The van der Waals surface area contributed by atoms with Gasteiger partial charge in [-0.05, 0) is 61.3 Å². The second kappa shape index (κ2) is 7.06. The van der Waals surface area contributed by atoms with Gasteiger partial charge in [-0.15, -0.1) is 0 Å². The third kappa shape index (κ3) is 3.05. The van der Waals surface area contributed by atoms with Crippen LogP contribution in [0, 0.1) is 28.6 Å². The molecule has 0 aromatic rings. The third-order valence-electron chi connectivity index (χ3n) is 8.73. The summed E-state index contributed by atoms with van der Waals surface area (Å²) in [4.78, 5) is 36.2. The smallest absolute Gasteiger partial charge is 0.317 e. The zero-order valence-corrected chi connectivity index (χ0v) is 19.2. The number of fused-ring (bicyclic) bond motifs is 2. The van der Waals surface area contributed by atoms with Crippen molar-refractivity contribution in [2.24, 2.45) is 28.6 Å². The highest BCUT2D eigenvalue weighted by Crippen LogP contribution is 2.68. The first-order valence-corrected chi connectivity index (χ1v) is 11.3. The Balaban J connectivity index is 1.64. The largest absolute Gasteiger partial charge is 0.469 e. The van der Waals surface area contributed by atoms with Crippen LogP contribution in [0.5, 0.6) is 0 Å². The molecule has 0 radical (unpaired) electrons. The minimum atomic E-state index is -0.570. The summed E-state index contributed by atoms with van der Waals surface area (Å²) in [5, 5.41) is 0. The minimum absolute atomic E-state index is 0.0236. The Morgan fingerprint density at radius 1 is 1.03 bits per heavy atom. The Bertz CT molecular complexity index is 757. The molecule has 168 valence electrons. The molecule has 2 aliphatic heterocycles. The Labute approximate surface area is 179 Å². The number of carbonyl (C=O) groups excluding carboxylic acids is 2. The number of hydrogen-bond acceptors (Lipinski definition) is 6. The molecule has 3 aliphatic carbocycles. The van der Waals surface area contributed by atoms with Crippen molar-refractivity contribution >= 4 is 11.9 Å². The van der Waals surface area contributed by atoms with Crippen LogP contribution in [-0.2, 0) is 28.8 Å². The number of rotatable bonds is 4. The van der Waals surface area contributed by atoms with Crippen LogP contribution < -0.4 is 0 Å². The first-order valence-electron chi connectivity index (χ1n) is 11.3. The number of carbonyl (C=O) groups is 2. The van der Waals surface area contributed by atoms with Gasteiger partial charge in [-0.25, -0.2) is 9.78 Å². The molecule has 2 heterocycles. The second-order valence-electron chi connectivity index (χ2n) is 11.1. The minimum Gasteiger partial charge on any atom is -0.469 e. The van der Waals surface area contributed by atoms with Gasteiger partial charge in [-0.2, -0.15) is 0 Å². The van der Waals surface area contributed by atoms with Crippen molar-refractivity contribution in [3.05, 3.63) is 12.2 Å². The van der Waals surface area contributed by atoms with Crippen molar-refractivity contribution in [1.29, 1.82) is 0 Å². The van der Waals surface area contributed by atoms with Crippen LogP contribution in [-0.4, -0.2) is 36.4 Å². The molecule has 30 heavy (non-hydrogen) atoms. The van der Waals surface area contributed by atoms with E-state index in [0.29, 0.717) is 24.2 Å². The van der Waals surface area contributed by atoms with Crippen molar-refractivity contribution in [3.8, 4) is 0 Å². The lowest BCUT2D eigenvalue weighted by Crippen LogP contribution is -2.70. The van der Waals surface area contributed by atoms with Crippen molar-refractivity contribution in [2.45, 2.75) is 90.4 Å². The number of ether oxygens (including phenoxy) is 2. The monoisotopic (exact) mass is 420 g/mol. The summed E-state index contributed by atoms with van der Waals surface area (Å²) in [6, 6.07) is 0. The van der Waals surface area contributed by atoms with Gasteiger partial charge in [-0.1, -0.05) is 40.7 Å². The molecule has 0 amide bonds. The van der Waals surface area contributed by atoms with Crippen molar-refractivity contribution < 1.29 is 28.8 Å². The van der Waals surface area contributed by atoms with Crippen molar-refractivity contribution in [3.63, 3.8) is 0 Å². The van der Waals surface area contributed by atoms with Crippen LogP contribution >= 0.6 is 0 Å². The van der Waals surface area contributed by atoms with E-state index in [0.717, 1.165) is 25.7 Å². The lowest BCUT2D eigenvalue weighted by Gasteiger charge is -2.68. The quantitative estimate of drug-likeness (QED) is 0.291. The molecule has 3 fully saturated rings. The topological polar surface area (TPSA) is 71.1 Å². The van der Waals surface area contributed by atoms with Crippen LogP contribution in [0.25, 0.3) is 0 Å². The van der Waals surface area contributed by atoms with E-state index >= 15 is 0 Å². The predicted octanol–water partition coefficient (Wildman–Crippen LogP) is 4.37. The number of hydrogen-bond donors (Lipinski definition) is 0. The Hall–Kier alpha value is -1.40.